The SMILES string of the molecule is COc1cc(F)c(S(=O)(=O)N2CCNCc3ccccc32)cc1OC. The molecular formula is C17H19FN2O4S. The molecular weight excluding hydrogens is 347 g/mol. The van der Waals surface area contributed by atoms with E-state index < -0.39 is 20.7 Å². The third-order valence-corrected chi connectivity index (χ3v) is 5.90. The van der Waals surface area contributed by atoms with Gasteiger partial charge in [-0.05, 0) is 11.6 Å². The lowest BCUT2D eigenvalue weighted by atomic mass is 10.2. The molecule has 0 spiro atoms. The van der Waals surface area contributed by atoms with Crippen LogP contribution in [0.1, 0.15) is 5.56 Å². The summed E-state index contributed by atoms with van der Waals surface area (Å²) in [6, 6.07) is 9.35. The summed E-state index contributed by atoms with van der Waals surface area (Å²) in [4.78, 5) is -0.443. The van der Waals surface area contributed by atoms with Crippen molar-refractivity contribution in [3.05, 3.63) is 47.8 Å². The zero-order chi connectivity index (χ0) is 18.0. The van der Waals surface area contributed by atoms with E-state index >= 15 is 0 Å². The minimum absolute atomic E-state index is 0.136. The monoisotopic (exact) mass is 366 g/mol. The number of rotatable bonds is 4. The number of halogens is 1. The molecule has 0 aromatic heterocycles. The second-order valence-electron chi connectivity index (χ2n) is 5.52. The van der Waals surface area contributed by atoms with Gasteiger partial charge in [-0.3, -0.25) is 4.31 Å². The van der Waals surface area contributed by atoms with Crippen molar-refractivity contribution in [1.82, 2.24) is 5.32 Å². The van der Waals surface area contributed by atoms with E-state index in [1.807, 2.05) is 12.1 Å². The number of para-hydroxylation sites is 1. The Morgan fingerprint density at radius 2 is 1.80 bits per heavy atom. The molecule has 0 amide bonds. The standard InChI is InChI=1S/C17H19FN2O4S/c1-23-15-9-13(18)17(10-16(15)24-2)25(21,22)20-8-7-19-11-12-5-3-4-6-14(12)20/h3-6,9-10,19H,7-8,11H2,1-2H3. The van der Waals surface area contributed by atoms with Crippen LogP contribution in [0.4, 0.5) is 10.1 Å². The highest BCUT2D eigenvalue weighted by molar-refractivity contribution is 7.92. The Morgan fingerprint density at radius 1 is 1.12 bits per heavy atom. The van der Waals surface area contributed by atoms with Crippen LogP contribution in [0.5, 0.6) is 11.5 Å². The van der Waals surface area contributed by atoms with Crippen molar-refractivity contribution in [2.24, 2.45) is 0 Å². The molecule has 1 aliphatic heterocycles. The smallest absolute Gasteiger partial charge is 0.267 e. The molecule has 0 saturated heterocycles. The average Bonchev–Trinajstić information content (AvgIpc) is 2.84. The van der Waals surface area contributed by atoms with E-state index in [0.717, 1.165) is 17.7 Å². The molecule has 134 valence electrons. The van der Waals surface area contributed by atoms with E-state index in [9.17, 15) is 12.8 Å². The highest BCUT2D eigenvalue weighted by Crippen LogP contribution is 2.35. The second-order valence-corrected chi connectivity index (χ2v) is 7.35. The normalized spacial score (nSPS) is 14.6. The van der Waals surface area contributed by atoms with E-state index in [1.54, 1.807) is 12.1 Å². The Bertz CT molecular complexity index is 886. The van der Waals surface area contributed by atoms with Crippen LogP contribution in [0.3, 0.4) is 0 Å². The fourth-order valence-electron chi connectivity index (χ4n) is 2.83. The second kappa shape index (κ2) is 6.89. The maximum absolute atomic E-state index is 14.5. The Morgan fingerprint density at radius 3 is 2.52 bits per heavy atom. The predicted molar refractivity (Wildman–Crippen MR) is 92.2 cm³/mol. The van der Waals surface area contributed by atoms with E-state index in [2.05, 4.69) is 5.32 Å². The van der Waals surface area contributed by atoms with Gasteiger partial charge in [-0.1, -0.05) is 18.2 Å². The minimum Gasteiger partial charge on any atom is -0.493 e. The zero-order valence-electron chi connectivity index (χ0n) is 14.0. The van der Waals surface area contributed by atoms with Crippen molar-refractivity contribution in [2.75, 3.05) is 31.6 Å². The van der Waals surface area contributed by atoms with Gasteiger partial charge in [-0.25, -0.2) is 12.8 Å². The molecule has 3 rings (SSSR count). The molecule has 0 radical (unpaired) electrons. The molecule has 2 aromatic carbocycles. The molecule has 25 heavy (non-hydrogen) atoms. The Labute approximate surface area is 146 Å². The van der Waals surface area contributed by atoms with E-state index in [-0.39, 0.29) is 18.0 Å². The first-order valence-corrected chi connectivity index (χ1v) is 9.16. The Kier molecular flexibility index (Phi) is 4.82. The van der Waals surface area contributed by atoms with Crippen LogP contribution < -0.4 is 19.1 Å². The van der Waals surface area contributed by atoms with Crippen molar-refractivity contribution >= 4 is 15.7 Å². The van der Waals surface area contributed by atoms with Gasteiger partial charge in [0.25, 0.3) is 10.0 Å². The first-order chi connectivity index (χ1) is 12.0. The predicted octanol–water partition coefficient (Wildman–Crippen LogP) is 2.14. The van der Waals surface area contributed by atoms with Gasteiger partial charge in [-0.2, -0.15) is 0 Å². The zero-order valence-corrected chi connectivity index (χ0v) is 14.8. The maximum Gasteiger partial charge on any atom is 0.267 e. The number of nitrogens with zero attached hydrogens (tertiary/aromatic N) is 1. The number of sulfonamides is 1. The van der Waals surface area contributed by atoms with Crippen LogP contribution in [-0.4, -0.2) is 35.7 Å². The molecule has 0 bridgehead atoms. The van der Waals surface area contributed by atoms with E-state index in [1.165, 1.54) is 18.5 Å². The Balaban J connectivity index is 2.14. The topological polar surface area (TPSA) is 67.9 Å². The van der Waals surface area contributed by atoms with Crippen LogP contribution in [-0.2, 0) is 16.6 Å². The summed E-state index contributed by atoms with van der Waals surface area (Å²) in [6.07, 6.45) is 0. The van der Waals surface area contributed by atoms with Crippen molar-refractivity contribution in [1.29, 1.82) is 0 Å². The summed E-state index contributed by atoms with van der Waals surface area (Å²) in [5, 5.41) is 3.17. The quantitative estimate of drug-likeness (QED) is 0.898. The summed E-state index contributed by atoms with van der Waals surface area (Å²) in [5.74, 6) is -0.590. The number of nitrogens with one attached hydrogen (secondary N) is 1. The molecule has 0 atom stereocenters. The molecule has 6 nitrogen and oxygen atoms in total. The third kappa shape index (κ3) is 3.14. The third-order valence-electron chi connectivity index (χ3n) is 4.07. The number of anilines is 1. The number of benzene rings is 2. The lowest BCUT2D eigenvalue weighted by Crippen LogP contribution is -2.35. The summed E-state index contributed by atoms with van der Waals surface area (Å²) >= 11 is 0. The van der Waals surface area contributed by atoms with Gasteiger partial charge in [0, 0.05) is 31.8 Å². The van der Waals surface area contributed by atoms with Crippen LogP contribution in [0, 0.1) is 5.82 Å². The maximum atomic E-state index is 14.5. The summed E-state index contributed by atoms with van der Waals surface area (Å²) in [5.41, 5.74) is 1.38. The van der Waals surface area contributed by atoms with Crippen LogP contribution in [0.15, 0.2) is 41.3 Å². The van der Waals surface area contributed by atoms with Gasteiger partial charge in [0.15, 0.2) is 11.5 Å². The minimum atomic E-state index is -4.10. The van der Waals surface area contributed by atoms with Crippen LogP contribution in [0.2, 0.25) is 0 Å². The van der Waals surface area contributed by atoms with E-state index in [0.29, 0.717) is 18.8 Å². The molecule has 1 heterocycles. The number of methoxy groups -OCH3 is 2. The fourth-order valence-corrected chi connectivity index (χ4v) is 4.40. The average molecular weight is 366 g/mol. The number of ether oxygens (including phenoxy) is 2. The molecule has 1 aliphatic rings. The van der Waals surface area contributed by atoms with Crippen molar-refractivity contribution < 1.29 is 22.3 Å². The van der Waals surface area contributed by atoms with Crippen molar-refractivity contribution in [3.8, 4) is 11.5 Å². The molecule has 0 saturated carbocycles. The summed E-state index contributed by atoms with van der Waals surface area (Å²) in [6.45, 7) is 1.21. The molecule has 1 N–H and O–H groups in total. The van der Waals surface area contributed by atoms with E-state index in [4.69, 9.17) is 9.47 Å². The molecule has 0 aliphatic carbocycles. The first-order valence-electron chi connectivity index (χ1n) is 7.72. The van der Waals surface area contributed by atoms with Gasteiger partial charge in [-0.15, -0.1) is 0 Å². The highest BCUT2D eigenvalue weighted by atomic mass is 32.2. The fraction of sp³-hybridized carbons (Fsp3) is 0.294. The summed E-state index contributed by atoms with van der Waals surface area (Å²) in [7, 11) is -1.37. The summed E-state index contributed by atoms with van der Waals surface area (Å²) < 4.78 is 52.2. The largest absolute Gasteiger partial charge is 0.493 e. The molecule has 0 unspecified atom stereocenters. The van der Waals surface area contributed by atoms with Gasteiger partial charge in [0.05, 0.1) is 19.9 Å². The molecule has 0 fully saturated rings. The number of hydrogen-bond acceptors (Lipinski definition) is 5. The first kappa shape index (κ1) is 17.5. The van der Waals surface area contributed by atoms with Gasteiger partial charge in [0.1, 0.15) is 10.7 Å². The molecule has 8 heteroatoms. The number of hydrogen-bond donors (Lipinski definition) is 1. The lowest BCUT2D eigenvalue weighted by Gasteiger charge is -2.24. The van der Waals surface area contributed by atoms with Crippen LogP contribution in [0.25, 0.3) is 0 Å². The van der Waals surface area contributed by atoms with Crippen LogP contribution >= 0.6 is 0 Å². The Hall–Kier alpha value is -2.32. The van der Waals surface area contributed by atoms with Gasteiger partial charge < -0.3 is 14.8 Å². The van der Waals surface area contributed by atoms with Crippen molar-refractivity contribution in [3.63, 3.8) is 0 Å². The molecule has 2 aromatic rings. The van der Waals surface area contributed by atoms with Crippen molar-refractivity contribution in [2.45, 2.75) is 11.4 Å². The number of fused-ring (bicyclic) bond motifs is 1. The van der Waals surface area contributed by atoms with Gasteiger partial charge >= 0.3 is 0 Å². The highest BCUT2D eigenvalue weighted by Gasteiger charge is 2.31. The lowest BCUT2D eigenvalue weighted by molar-refractivity contribution is 0.350. The van der Waals surface area contributed by atoms with Gasteiger partial charge in [0.2, 0.25) is 0 Å².